The molecule has 1 heterocycles. The molecule has 0 spiro atoms. The van der Waals surface area contributed by atoms with Gasteiger partial charge in [0.15, 0.2) is 0 Å². The van der Waals surface area contributed by atoms with E-state index in [1.165, 1.54) is 0 Å². The minimum atomic E-state index is -3.28. The summed E-state index contributed by atoms with van der Waals surface area (Å²) in [5, 5.41) is 65.9. The molecule has 9 heteroatoms. The van der Waals surface area contributed by atoms with E-state index in [0.717, 1.165) is 0 Å². The number of carbonyl (C=O) groups excluding carboxylic acids is 1. The van der Waals surface area contributed by atoms with E-state index in [1.54, 1.807) is 0 Å². The highest BCUT2D eigenvalue weighted by Crippen LogP contribution is 2.29. The average Bonchev–Trinajstić information content (AvgIpc) is 2.30. The van der Waals surface area contributed by atoms with Gasteiger partial charge >= 0.3 is 0 Å². The minimum Gasteiger partial charge on any atom is -0.544 e. The number of aliphatic hydroxyl groups is 6. The zero-order valence-electron chi connectivity index (χ0n) is 8.50. The first-order valence-electron chi connectivity index (χ1n) is 4.70. The molecule has 0 aromatic carbocycles. The molecule has 0 unspecified atom stereocenters. The maximum absolute atomic E-state index is 10.6. The normalized spacial score (nSPS) is 44.4. The van der Waals surface area contributed by atoms with E-state index in [9.17, 15) is 35.4 Å². The van der Waals surface area contributed by atoms with E-state index in [4.69, 9.17) is 5.11 Å². The second-order valence-corrected chi connectivity index (χ2v) is 3.74. The number of aliphatic hydroxyl groups excluding tert-OH is 5. The lowest BCUT2D eigenvalue weighted by Gasteiger charge is -2.46. The van der Waals surface area contributed by atoms with Crippen molar-refractivity contribution in [1.29, 1.82) is 0 Å². The van der Waals surface area contributed by atoms with E-state index in [-0.39, 0.29) is 0 Å². The van der Waals surface area contributed by atoms with Crippen molar-refractivity contribution in [3.8, 4) is 0 Å². The standard InChI is InChI=1S/C8H14O9/c9-1-2(10)5-3(11)4(12)6(13)8(16,17-5)7(14)15/h2-6,9-13,16H,1H2,(H,14,15)/p-1/t2-,3-,4+,5-,6+,8-/m1/s1. The molecule has 0 amide bonds. The van der Waals surface area contributed by atoms with E-state index in [0.29, 0.717) is 0 Å². The minimum absolute atomic E-state index is 0.909. The molecule has 1 fully saturated rings. The summed E-state index contributed by atoms with van der Waals surface area (Å²) >= 11 is 0. The van der Waals surface area contributed by atoms with Crippen LogP contribution in [-0.2, 0) is 9.53 Å². The van der Waals surface area contributed by atoms with E-state index in [1.807, 2.05) is 0 Å². The Morgan fingerprint density at radius 1 is 1.35 bits per heavy atom. The van der Waals surface area contributed by atoms with Crippen LogP contribution in [0.25, 0.3) is 0 Å². The Bertz CT molecular complexity index is 295. The van der Waals surface area contributed by atoms with Gasteiger partial charge in [0.25, 0.3) is 0 Å². The maximum atomic E-state index is 10.6. The number of carbonyl (C=O) groups is 1. The van der Waals surface area contributed by atoms with Gasteiger partial charge in [0, 0.05) is 0 Å². The van der Waals surface area contributed by atoms with Crippen molar-refractivity contribution >= 4 is 5.97 Å². The van der Waals surface area contributed by atoms with E-state index < -0.39 is 48.9 Å². The van der Waals surface area contributed by atoms with Crippen LogP contribution in [0.2, 0.25) is 0 Å². The first kappa shape index (κ1) is 14.3. The molecular weight excluding hydrogens is 240 g/mol. The van der Waals surface area contributed by atoms with Gasteiger partial charge in [-0.1, -0.05) is 0 Å². The molecule has 100 valence electrons. The van der Waals surface area contributed by atoms with Crippen LogP contribution >= 0.6 is 0 Å². The molecule has 17 heavy (non-hydrogen) atoms. The fourth-order valence-corrected chi connectivity index (χ4v) is 1.54. The first-order valence-corrected chi connectivity index (χ1v) is 4.70. The Kier molecular flexibility index (Phi) is 4.04. The van der Waals surface area contributed by atoms with E-state index in [2.05, 4.69) is 4.74 Å². The van der Waals surface area contributed by atoms with Crippen molar-refractivity contribution in [2.45, 2.75) is 36.3 Å². The largest absolute Gasteiger partial charge is 0.544 e. The Labute approximate surface area is 95.1 Å². The van der Waals surface area contributed by atoms with Crippen LogP contribution < -0.4 is 5.11 Å². The molecule has 1 rings (SSSR count). The van der Waals surface area contributed by atoms with Crippen molar-refractivity contribution in [2.75, 3.05) is 6.61 Å². The predicted molar refractivity (Wildman–Crippen MR) is 45.9 cm³/mol. The van der Waals surface area contributed by atoms with Crippen molar-refractivity contribution < 1.29 is 45.3 Å². The highest BCUT2D eigenvalue weighted by molar-refractivity contribution is 5.74. The lowest BCUT2D eigenvalue weighted by molar-refractivity contribution is -0.398. The molecule has 0 radical (unpaired) electrons. The summed E-state index contributed by atoms with van der Waals surface area (Å²) < 4.78 is 4.41. The number of carboxylic acid groups (broad SMARTS) is 1. The Balaban J connectivity index is 3.02. The number of ether oxygens (including phenoxy) is 1. The number of carboxylic acids is 1. The Morgan fingerprint density at radius 2 is 1.88 bits per heavy atom. The summed E-state index contributed by atoms with van der Waals surface area (Å²) in [6.45, 7) is -0.909. The summed E-state index contributed by atoms with van der Waals surface area (Å²) in [6.07, 6.45) is -9.87. The summed E-state index contributed by atoms with van der Waals surface area (Å²) in [5.41, 5.74) is 0. The van der Waals surface area contributed by atoms with Crippen LogP contribution in [0.3, 0.4) is 0 Å². The van der Waals surface area contributed by atoms with Gasteiger partial charge in [0.1, 0.15) is 36.5 Å². The molecule has 1 aliphatic heterocycles. The number of aliphatic carboxylic acids is 1. The second kappa shape index (κ2) is 4.82. The summed E-state index contributed by atoms with van der Waals surface area (Å²) in [7, 11) is 0. The number of hydrogen-bond donors (Lipinski definition) is 6. The average molecular weight is 253 g/mol. The van der Waals surface area contributed by atoms with Gasteiger partial charge in [-0.3, -0.25) is 0 Å². The molecule has 0 aromatic rings. The molecular formula is C8H13O9-. The van der Waals surface area contributed by atoms with Gasteiger partial charge < -0.3 is 45.3 Å². The third kappa shape index (κ3) is 2.26. The zero-order valence-corrected chi connectivity index (χ0v) is 8.50. The van der Waals surface area contributed by atoms with Crippen molar-refractivity contribution in [2.24, 2.45) is 0 Å². The molecule has 6 atom stereocenters. The monoisotopic (exact) mass is 253 g/mol. The maximum Gasteiger partial charge on any atom is 0.237 e. The summed E-state index contributed by atoms with van der Waals surface area (Å²) in [5.74, 6) is -5.52. The van der Waals surface area contributed by atoms with Crippen molar-refractivity contribution in [3.63, 3.8) is 0 Å². The fourth-order valence-electron chi connectivity index (χ4n) is 1.54. The molecule has 0 aromatic heterocycles. The number of rotatable bonds is 3. The molecule has 6 N–H and O–H groups in total. The molecule has 0 bridgehead atoms. The Morgan fingerprint density at radius 3 is 2.29 bits per heavy atom. The summed E-state index contributed by atoms with van der Waals surface area (Å²) in [6, 6.07) is 0. The van der Waals surface area contributed by atoms with Crippen LogP contribution in [-0.4, -0.2) is 79.5 Å². The first-order chi connectivity index (χ1) is 7.75. The van der Waals surface area contributed by atoms with Crippen molar-refractivity contribution in [3.05, 3.63) is 0 Å². The van der Waals surface area contributed by atoms with Crippen LogP contribution in [0.15, 0.2) is 0 Å². The van der Waals surface area contributed by atoms with Gasteiger partial charge in [0.2, 0.25) is 5.79 Å². The summed E-state index contributed by atoms with van der Waals surface area (Å²) in [4.78, 5) is 10.6. The van der Waals surface area contributed by atoms with E-state index >= 15 is 0 Å². The van der Waals surface area contributed by atoms with Gasteiger partial charge in [-0.15, -0.1) is 0 Å². The number of hydrogen-bond acceptors (Lipinski definition) is 9. The topological polar surface area (TPSA) is 171 Å². The van der Waals surface area contributed by atoms with Crippen molar-refractivity contribution in [1.82, 2.24) is 0 Å². The zero-order chi connectivity index (χ0) is 13.4. The van der Waals surface area contributed by atoms with Crippen LogP contribution in [0.4, 0.5) is 0 Å². The van der Waals surface area contributed by atoms with Crippen LogP contribution in [0, 0.1) is 0 Å². The predicted octanol–water partition coefficient (Wildman–Crippen LogP) is -5.74. The third-order valence-electron chi connectivity index (χ3n) is 2.59. The van der Waals surface area contributed by atoms with Gasteiger partial charge in [-0.05, 0) is 0 Å². The fraction of sp³-hybridized carbons (Fsp3) is 0.875. The Hall–Kier alpha value is -0.810. The smallest absolute Gasteiger partial charge is 0.237 e. The van der Waals surface area contributed by atoms with Crippen LogP contribution in [0.5, 0.6) is 0 Å². The molecule has 0 saturated carbocycles. The van der Waals surface area contributed by atoms with Crippen LogP contribution in [0.1, 0.15) is 0 Å². The SMILES string of the molecule is O=C([O-])[C@]1(O)O[C@H]([C@H](O)CO)[C@H](O)[C@H](O)[C@@H]1O. The molecule has 1 saturated heterocycles. The highest BCUT2D eigenvalue weighted by atomic mass is 16.7. The quantitative estimate of drug-likeness (QED) is 0.286. The van der Waals surface area contributed by atoms with Gasteiger partial charge in [-0.2, -0.15) is 0 Å². The lowest BCUT2D eigenvalue weighted by Crippen LogP contribution is -2.72. The highest BCUT2D eigenvalue weighted by Gasteiger charge is 2.55. The molecule has 0 aliphatic carbocycles. The molecule has 1 aliphatic rings. The second-order valence-electron chi connectivity index (χ2n) is 3.74. The van der Waals surface area contributed by atoms with Gasteiger partial charge in [0.05, 0.1) is 6.61 Å². The lowest BCUT2D eigenvalue weighted by atomic mass is 9.90. The van der Waals surface area contributed by atoms with Gasteiger partial charge in [-0.25, -0.2) is 0 Å². The molecule has 9 nitrogen and oxygen atoms in total. The third-order valence-corrected chi connectivity index (χ3v) is 2.59.